The van der Waals surface area contributed by atoms with E-state index in [1.165, 1.54) is 0 Å². The molecule has 0 saturated heterocycles. The Morgan fingerprint density at radius 1 is 0.864 bits per heavy atom. The topological polar surface area (TPSA) is 26.0 Å². The quantitative estimate of drug-likeness (QED) is 0.650. The second-order valence-corrected chi connectivity index (χ2v) is 5.49. The Balaban J connectivity index is 2.11. The van der Waals surface area contributed by atoms with Gasteiger partial charge in [0.25, 0.3) is 0 Å². The van der Waals surface area contributed by atoms with E-state index in [0.717, 1.165) is 27.1 Å². The lowest BCUT2D eigenvalue weighted by atomic mass is 9.92. The van der Waals surface area contributed by atoms with E-state index in [9.17, 15) is 13.2 Å². The molecule has 2 N–H and O–H groups in total. The van der Waals surface area contributed by atoms with Crippen molar-refractivity contribution < 1.29 is 13.2 Å². The zero-order valence-corrected chi connectivity index (χ0v) is 11.9. The molecule has 0 aromatic heterocycles. The summed E-state index contributed by atoms with van der Waals surface area (Å²) in [6.07, 6.45) is -5.15. The molecule has 0 fully saturated rings. The van der Waals surface area contributed by atoms with Crippen LogP contribution in [-0.4, -0.2) is 6.18 Å². The summed E-state index contributed by atoms with van der Waals surface area (Å²) in [5, 5.41) is 4.04. The average Bonchev–Trinajstić information content (AvgIpc) is 2.51. The highest BCUT2D eigenvalue weighted by atomic mass is 19.4. The Hall–Kier alpha value is -2.07. The van der Waals surface area contributed by atoms with Gasteiger partial charge < -0.3 is 5.73 Å². The molecule has 0 amide bonds. The summed E-state index contributed by atoms with van der Waals surface area (Å²) in [6, 6.07) is 16.9. The van der Waals surface area contributed by atoms with Gasteiger partial charge in [-0.05, 0) is 39.6 Å². The number of hydrogen-bond donors (Lipinski definition) is 1. The average molecular weight is 303 g/mol. The second-order valence-electron chi connectivity index (χ2n) is 5.49. The molecule has 0 aliphatic heterocycles. The SMILES string of the molecule is N[C@H](CCC(F)(F)F)c1cc2ccccc2c2ccccc12. The first-order valence-corrected chi connectivity index (χ1v) is 7.18. The minimum atomic E-state index is -4.18. The molecule has 0 saturated carbocycles. The standard InChI is InChI=1S/C18H16F3N/c19-18(20,21)10-9-17(22)16-11-12-5-1-2-6-13(12)14-7-3-4-8-15(14)16/h1-8,11,17H,9-10,22H2/t17-/m1/s1. The van der Waals surface area contributed by atoms with Crippen molar-refractivity contribution in [3.8, 4) is 0 Å². The summed E-state index contributed by atoms with van der Waals surface area (Å²) in [6.45, 7) is 0. The van der Waals surface area contributed by atoms with Gasteiger partial charge in [0, 0.05) is 12.5 Å². The van der Waals surface area contributed by atoms with Crippen molar-refractivity contribution in [3.63, 3.8) is 0 Å². The normalized spacial score (nSPS) is 13.6. The van der Waals surface area contributed by atoms with Crippen LogP contribution in [0.3, 0.4) is 0 Å². The third-order valence-corrected chi connectivity index (χ3v) is 3.94. The fourth-order valence-electron chi connectivity index (χ4n) is 2.86. The number of nitrogens with two attached hydrogens (primary N) is 1. The zero-order valence-electron chi connectivity index (χ0n) is 11.9. The van der Waals surface area contributed by atoms with Gasteiger partial charge >= 0.3 is 6.18 Å². The monoisotopic (exact) mass is 303 g/mol. The molecule has 1 nitrogen and oxygen atoms in total. The van der Waals surface area contributed by atoms with E-state index in [2.05, 4.69) is 0 Å². The Kier molecular flexibility index (Phi) is 3.79. The van der Waals surface area contributed by atoms with Crippen LogP contribution in [0.5, 0.6) is 0 Å². The largest absolute Gasteiger partial charge is 0.389 e. The van der Waals surface area contributed by atoms with E-state index in [0.29, 0.717) is 0 Å². The summed E-state index contributed by atoms with van der Waals surface area (Å²) in [4.78, 5) is 0. The third-order valence-electron chi connectivity index (χ3n) is 3.94. The van der Waals surface area contributed by atoms with Gasteiger partial charge in [0.1, 0.15) is 0 Å². The van der Waals surface area contributed by atoms with Gasteiger partial charge in [-0.3, -0.25) is 0 Å². The Bertz CT molecular complexity index is 808. The number of fused-ring (bicyclic) bond motifs is 3. The fourth-order valence-corrected chi connectivity index (χ4v) is 2.86. The molecule has 0 unspecified atom stereocenters. The van der Waals surface area contributed by atoms with Crippen LogP contribution in [0.4, 0.5) is 13.2 Å². The highest BCUT2D eigenvalue weighted by Crippen LogP contribution is 2.34. The van der Waals surface area contributed by atoms with E-state index in [1.807, 2.05) is 54.6 Å². The first-order chi connectivity index (χ1) is 10.5. The smallest absolute Gasteiger partial charge is 0.324 e. The molecule has 0 heterocycles. The van der Waals surface area contributed by atoms with E-state index in [-0.39, 0.29) is 6.42 Å². The maximum Gasteiger partial charge on any atom is 0.389 e. The molecule has 22 heavy (non-hydrogen) atoms. The van der Waals surface area contributed by atoms with Crippen LogP contribution in [0.2, 0.25) is 0 Å². The highest BCUT2D eigenvalue weighted by molar-refractivity contribution is 6.09. The Morgan fingerprint density at radius 3 is 2.14 bits per heavy atom. The van der Waals surface area contributed by atoms with Crippen LogP contribution in [0.1, 0.15) is 24.4 Å². The molecule has 0 bridgehead atoms. The molecular weight excluding hydrogens is 287 g/mol. The number of hydrogen-bond acceptors (Lipinski definition) is 1. The molecule has 114 valence electrons. The van der Waals surface area contributed by atoms with Crippen LogP contribution < -0.4 is 5.73 Å². The van der Waals surface area contributed by atoms with Crippen LogP contribution in [-0.2, 0) is 0 Å². The Morgan fingerprint density at radius 2 is 1.45 bits per heavy atom. The molecule has 0 aliphatic rings. The van der Waals surface area contributed by atoms with Gasteiger partial charge in [0.2, 0.25) is 0 Å². The van der Waals surface area contributed by atoms with Gasteiger partial charge in [0.15, 0.2) is 0 Å². The highest BCUT2D eigenvalue weighted by Gasteiger charge is 2.28. The van der Waals surface area contributed by atoms with E-state index in [4.69, 9.17) is 5.73 Å². The third kappa shape index (κ3) is 2.92. The first-order valence-electron chi connectivity index (χ1n) is 7.18. The minimum Gasteiger partial charge on any atom is -0.324 e. The van der Waals surface area contributed by atoms with Crippen molar-refractivity contribution in [1.82, 2.24) is 0 Å². The molecule has 0 radical (unpaired) electrons. The Labute approximate surface area is 126 Å². The molecule has 0 spiro atoms. The lowest BCUT2D eigenvalue weighted by molar-refractivity contribution is -0.136. The number of halogens is 3. The molecule has 4 heteroatoms. The number of alkyl halides is 3. The predicted octanol–water partition coefficient (Wildman–Crippen LogP) is 5.34. The van der Waals surface area contributed by atoms with Crippen molar-refractivity contribution in [3.05, 3.63) is 60.2 Å². The fraction of sp³-hybridized carbons (Fsp3) is 0.222. The van der Waals surface area contributed by atoms with Crippen LogP contribution in [0.15, 0.2) is 54.6 Å². The van der Waals surface area contributed by atoms with Crippen LogP contribution in [0, 0.1) is 0 Å². The maximum absolute atomic E-state index is 12.4. The summed E-state index contributed by atoms with van der Waals surface area (Å²) < 4.78 is 37.3. The van der Waals surface area contributed by atoms with E-state index < -0.39 is 18.6 Å². The summed E-state index contributed by atoms with van der Waals surface area (Å²) in [7, 11) is 0. The van der Waals surface area contributed by atoms with Gasteiger partial charge in [-0.1, -0.05) is 48.5 Å². The van der Waals surface area contributed by atoms with Gasteiger partial charge in [-0.2, -0.15) is 13.2 Å². The molecule has 1 atom stereocenters. The molecule has 3 rings (SSSR count). The van der Waals surface area contributed by atoms with Crippen molar-refractivity contribution in [2.24, 2.45) is 5.73 Å². The lowest BCUT2D eigenvalue weighted by Crippen LogP contribution is -2.16. The summed E-state index contributed by atoms with van der Waals surface area (Å²) >= 11 is 0. The summed E-state index contributed by atoms with van der Waals surface area (Å²) in [5.74, 6) is 0. The molecule has 3 aromatic rings. The van der Waals surface area contributed by atoms with Gasteiger partial charge in [0.05, 0.1) is 0 Å². The number of benzene rings is 3. The van der Waals surface area contributed by atoms with Crippen molar-refractivity contribution >= 4 is 21.5 Å². The van der Waals surface area contributed by atoms with Crippen molar-refractivity contribution in [1.29, 1.82) is 0 Å². The van der Waals surface area contributed by atoms with Gasteiger partial charge in [-0.15, -0.1) is 0 Å². The van der Waals surface area contributed by atoms with Gasteiger partial charge in [-0.25, -0.2) is 0 Å². The minimum absolute atomic E-state index is 0.105. The second kappa shape index (κ2) is 5.61. The number of rotatable bonds is 3. The predicted molar refractivity (Wildman–Crippen MR) is 83.7 cm³/mol. The van der Waals surface area contributed by atoms with E-state index in [1.54, 1.807) is 0 Å². The van der Waals surface area contributed by atoms with Crippen LogP contribution in [0.25, 0.3) is 21.5 Å². The maximum atomic E-state index is 12.4. The van der Waals surface area contributed by atoms with Crippen molar-refractivity contribution in [2.75, 3.05) is 0 Å². The molecular formula is C18H16F3N. The molecule has 0 aliphatic carbocycles. The lowest BCUT2D eigenvalue weighted by Gasteiger charge is -2.17. The van der Waals surface area contributed by atoms with Crippen molar-refractivity contribution in [2.45, 2.75) is 25.1 Å². The summed E-state index contributed by atoms with van der Waals surface area (Å²) in [5.41, 5.74) is 6.84. The van der Waals surface area contributed by atoms with Crippen LogP contribution >= 0.6 is 0 Å². The first kappa shape index (κ1) is 14.9. The zero-order chi connectivity index (χ0) is 15.7. The molecule has 3 aromatic carbocycles. The van der Waals surface area contributed by atoms with E-state index >= 15 is 0 Å².